The standard InChI is InChI=1S/C24H17ClN2OS/c25-22-9-5-4-8-20(22)21-12-18(10-11-19(21)13-26)24(23-14-27-16-29-23)28-15-17-6-2-1-3-7-17/h1-12,14,16,24H,15H2. The highest BCUT2D eigenvalue weighted by Crippen LogP contribution is 2.36. The second kappa shape index (κ2) is 9.02. The Labute approximate surface area is 178 Å². The fraction of sp³-hybridized carbons (Fsp3) is 0.0833. The van der Waals surface area contributed by atoms with Crippen molar-refractivity contribution in [2.45, 2.75) is 12.7 Å². The highest BCUT2D eigenvalue weighted by atomic mass is 35.5. The van der Waals surface area contributed by atoms with Gasteiger partial charge in [0.2, 0.25) is 0 Å². The molecule has 1 heterocycles. The van der Waals surface area contributed by atoms with Gasteiger partial charge in [-0.25, -0.2) is 0 Å². The molecule has 0 amide bonds. The largest absolute Gasteiger partial charge is 0.363 e. The van der Waals surface area contributed by atoms with Crippen LogP contribution in [0.15, 0.2) is 84.5 Å². The lowest BCUT2D eigenvalue weighted by molar-refractivity contribution is 0.0689. The second-order valence-electron chi connectivity index (χ2n) is 6.48. The van der Waals surface area contributed by atoms with Crippen LogP contribution < -0.4 is 0 Å². The van der Waals surface area contributed by atoms with Gasteiger partial charge in [0.25, 0.3) is 0 Å². The van der Waals surface area contributed by atoms with Crippen molar-refractivity contribution in [3.63, 3.8) is 0 Å². The fourth-order valence-electron chi connectivity index (χ4n) is 3.18. The summed E-state index contributed by atoms with van der Waals surface area (Å²) in [5, 5.41) is 10.2. The van der Waals surface area contributed by atoms with E-state index in [0.29, 0.717) is 17.2 Å². The van der Waals surface area contributed by atoms with Crippen LogP contribution in [0.4, 0.5) is 0 Å². The smallest absolute Gasteiger partial charge is 0.119 e. The molecule has 3 nitrogen and oxygen atoms in total. The molecule has 4 rings (SSSR count). The Morgan fingerprint density at radius 1 is 1.00 bits per heavy atom. The minimum Gasteiger partial charge on any atom is -0.363 e. The van der Waals surface area contributed by atoms with Crippen molar-refractivity contribution in [1.82, 2.24) is 4.98 Å². The van der Waals surface area contributed by atoms with E-state index in [1.54, 1.807) is 16.8 Å². The van der Waals surface area contributed by atoms with Gasteiger partial charge in [-0.05, 0) is 29.3 Å². The first-order chi connectivity index (χ1) is 14.3. The van der Waals surface area contributed by atoms with Crippen molar-refractivity contribution in [2.24, 2.45) is 0 Å². The lowest BCUT2D eigenvalue weighted by Crippen LogP contribution is -2.06. The van der Waals surface area contributed by atoms with Gasteiger partial charge in [0, 0.05) is 22.3 Å². The Hall–Kier alpha value is -2.97. The first kappa shape index (κ1) is 19.4. The maximum absolute atomic E-state index is 9.60. The zero-order chi connectivity index (χ0) is 20.1. The Bertz CT molecular complexity index is 1140. The molecule has 1 aromatic heterocycles. The number of aromatic nitrogens is 1. The molecule has 3 aromatic carbocycles. The van der Waals surface area contributed by atoms with Crippen LogP contribution in [0.5, 0.6) is 0 Å². The Morgan fingerprint density at radius 3 is 2.52 bits per heavy atom. The molecular weight excluding hydrogens is 400 g/mol. The maximum atomic E-state index is 9.60. The van der Waals surface area contributed by atoms with E-state index in [1.165, 1.54) is 0 Å². The van der Waals surface area contributed by atoms with Crippen LogP contribution in [0.1, 0.15) is 27.7 Å². The summed E-state index contributed by atoms with van der Waals surface area (Å²) < 4.78 is 6.31. The van der Waals surface area contributed by atoms with E-state index in [2.05, 4.69) is 11.1 Å². The molecule has 0 bridgehead atoms. The second-order valence-corrected chi connectivity index (χ2v) is 7.80. The Balaban J connectivity index is 1.74. The molecule has 0 aliphatic heterocycles. The first-order valence-electron chi connectivity index (χ1n) is 9.09. The van der Waals surface area contributed by atoms with Crippen molar-refractivity contribution in [1.29, 1.82) is 5.26 Å². The van der Waals surface area contributed by atoms with Crippen LogP contribution >= 0.6 is 22.9 Å². The number of rotatable bonds is 6. The zero-order valence-corrected chi connectivity index (χ0v) is 17.0. The van der Waals surface area contributed by atoms with E-state index in [1.807, 2.05) is 79.0 Å². The average Bonchev–Trinajstić information content (AvgIpc) is 3.29. The third-order valence-electron chi connectivity index (χ3n) is 4.60. The molecule has 0 radical (unpaired) electrons. The summed E-state index contributed by atoms with van der Waals surface area (Å²) in [6.07, 6.45) is 1.55. The van der Waals surface area contributed by atoms with Crippen molar-refractivity contribution in [2.75, 3.05) is 0 Å². The Morgan fingerprint density at radius 2 is 1.79 bits per heavy atom. The minimum atomic E-state index is -0.281. The summed E-state index contributed by atoms with van der Waals surface area (Å²) >= 11 is 7.96. The van der Waals surface area contributed by atoms with Crippen LogP contribution in [0, 0.1) is 11.3 Å². The molecular formula is C24H17ClN2OS. The summed E-state index contributed by atoms with van der Waals surface area (Å²) in [5.41, 5.74) is 6.06. The molecule has 0 saturated heterocycles. The van der Waals surface area contributed by atoms with Gasteiger partial charge in [-0.15, -0.1) is 11.3 Å². The molecule has 142 valence electrons. The number of nitriles is 1. The Kier molecular flexibility index (Phi) is 6.02. The van der Waals surface area contributed by atoms with Gasteiger partial charge < -0.3 is 4.74 Å². The molecule has 1 unspecified atom stereocenters. The summed E-state index contributed by atoms with van der Waals surface area (Å²) in [6, 6.07) is 25.6. The van der Waals surface area contributed by atoms with Crippen molar-refractivity contribution < 1.29 is 4.74 Å². The number of thiazole rings is 1. The number of hydrogen-bond acceptors (Lipinski definition) is 4. The average molecular weight is 417 g/mol. The van der Waals surface area contributed by atoms with Gasteiger partial charge in [0.05, 0.1) is 28.6 Å². The van der Waals surface area contributed by atoms with Gasteiger partial charge >= 0.3 is 0 Å². The number of nitrogens with zero attached hydrogens (tertiary/aromatic N) is 2. The molecule has 29 heavy (non-hydrogen) atoms. The molecule has 0 aliphatic carbocycles. The number of halogens is 1. The molecule has 0 fully saturated rings. The fourth-order valence-corrected chi connectivity index (χ4v) is 4.11. The van der Waals surface area contributed by atoms with E-state index < -0.39 is 0 Å². The van der Waals surface area contributed by atoms with Crippen LogP contribution in [0.2, 0.25) is 5.02 Å². The molecule has 4 aromatic rings. The highest BCUT2D eigenvalue weighted by molar-refractivity contribution is 7.09. The first-order valence-corrected chi connectivity index (χ1v) is 10.3. The molecule has 0 spiro atoms. The van der Waals surface area contributed by atoms with Gasteiger partial charge in [-0.3, -0.25) is 4.98 Å². The molecule has 0 aliphatic rings. The van der Waals surface area contributed by atoms with Crippen LogP contribution in [0.3, 0.4) is 0 Å². The molecule has 5 heteroatoms. The topological polar surface area (TPSA) is 45.9 Å². The zero-order valence-electron chi connectivity index (χ0n) is 15.5. The van der Waals surface area contributed by atoms with E-state index in [4.69, 9.17) is 16.3 Å². The molecule has 0 N–H and O–H groups in total. The van der Waals surface area contributed by atoms with Gasteiger partial charge in [0.15, 0.2) is 0 Å². The molecule has 0 saturated carbocycles. The van der Waals surface area contributed by atoms with E-state index >= 15 is 0 Å². The van der Waals surface area contributed by atoms with E-state index in [9.17, 15) is 5.26 Å². The third-order valence-corrected chi connectivity index (χ3v) is 5.75. The van der Waals surface area contributed by atoms with Crippen LogP contribution in [-0.4, -0.2) is 4.98 Å². The maximum Gasteiger partial charge on any atom is 0.119 e. The summed E-state index contributed by atoms with van der Waals surface area (Å²) in [7, 11) is 0. The number of ether oxygens (including phenoxy) is 1. The third kappa shape index (κ3) is 4.38. The predicted octanol–water partition coefficient (Wildman–Crippen LogP) is 6.64. The quantitative estimate of drug-likeness (QED) is 0.354. The van der Waals surface area contributed by atoms with Crippen LogP contribution in [0.25, 0.3) is 11.1 Å². The van der Waals surface area contributed by atoms with Gasteiger partial charge in [0.1, 0.15) is 6.10 Å². The van der Waals surface area contributed by atoms with Crippen molar-refractivity contribution in [3.8, 4) is 17.2 Å². The normalized spacial score (nSPS) is 11.7. The number of benzene rings is 3. The van der Waals surface area contributed by atoms with Crippen molar-refractivity contribution in [3.05, 3.63) is 111 Å². The van der Waals surface area contributed by atoms with Crippen LogP contribution in [-0.2, 0) is 11.3 Å². The van der Waals surface area contributed by atoms with Crippen molar-refractivity contribution >= 4 is 22.9 Å². The minimum absolute atomic E-state index is 0.281. The van der Waals surface area contributed by atoms with E-state index in [-0.39, 0.29) is 6.10 Å². The monoisotopic (exact) mass is 416 g/mol. The van der Waals surface area contributed by atoms with Gasteiger partial charge in [-0.1, -0.05) is 66.2 Å². The SMILES string of the molecule is N#Cc1ccc(C(OCc2ccccc2)c2cncs2)cc1-c1ccccc1Cl. The summed E-state index contributed by atoms with van der Waals surface area (Å²) in [6.45, 7) is 0.477. The predicted molar refractivity (Wildman–Crippen MR) is 117 cm³/mol. The summed E-state index contributed by atoms with van der Waals surface area (Å²) in [5.74, 6) is 0. The molecule has 1 atom stereocenters. The number of hydrogen-bond donors (Lipinski definition) is 0. The highest BCUT2D eigenvalue weighted by Gasteiger charge is 2.19. The lowest BCUT2D eigenvalue weighted by atomic mass is 9.95. The lowest BCUT2D eigenvalue weighted by Gasteiger charge is -2.19. The van der Waals surface area contributed by atoms with Gasteiger partial charge in [-0.2, -0.15) is 5.26 Å². The summed E-state index contributed by atoms with van der Waals surface area (Å²) in [4.78, 5) is 5.23. The van der Waals surface area contributed by atoms with E-state index in [0.717, 1.165) is 27.1 Å².